The van der Waals surface area contributed by atoms with Crippen molar-refractivity contribution >= 4 is 61.3 Å². The summed E-state index contributed by atoms with van der Waals surface area (Å²) < 4.78 is 1.07. The van der Waals surface area contributed by atoms with E-state index in [9.17, 15) is 9.90 Å². The van der Waals surface area contributed by atoms with Gasteiger partial charge >= 0.3 is 0 Å². The summed E-state index contributed by atoms with van der Waals surface area (Å²) in [5, 5.41) is 14.2. The first-order valence-corrected chi connectivity index (χ1v) is 8.80. The van der Waals surface area contributed by atoms with E-state index in [0.29, 0.717) is 14.0 Å². The number of likely N-dealkylation sites (N-methyl/N-ethyl adjacent to an activating group) is 1. The molecule has 0 unspecified atom stereocenters. The topological polar surface area (TPSA) is 64.9 Å². The lowest BCUT2D eigenvalue weighted by atomic mass is 10.2. The van der Waals surface area contributed by atoms with Crippen molar-refractivity contribution in [3.05, 3.63) is 55.9 Å². The maximum absolute atomic E-state index is 11.9. The van der Waals surface area contributed by atoms with Crippen molar-refractivity contribution in [1.82, 2.24) is 5.43 Å². The minimum atomic E-state index is -0.249. The third kappa shape index (κ3) is 5.22. The number of nitrogens with one attached hydrogen (secondary N) is 1. The number of hydrogen-bond acceptors (Lipinski definition) is 4. The van der Waals surface area contributed by atoms with E-state index in [-0.39, 0.29) is 18.2 Å². The molecule has 0 aliphatic carbocycles. The fraction of sp³-hybridized carbons (Fsp3) is 0.125. The summed E-state index contributed by atoms with van der Waals surface area (Å²) in [4.78, 5) is 13.7. The van der Waals surface area contributed by atoms with Crippen LogP contribution in [0.1, 0.15) is 5.56 Å². The van der Waals surface area contributed by atoms with Crippen LogP contribution >= 0.6 is 43.5 Å². The summed E-state index contributed by atoms with van der Waals surface area (Å²) in [7, 11) is 1.81. The molecule has 2 aromatic rings. The Balaban J connectivity index is 1.92. The Morgan fingerprint density at radius 2 is 1.88 bits per heavy atom. The molecule has 126 valence electrons. The van der Waals surface area contributed by atoms with Crippen LogP contribution in [0.4, 0.5) is 5.69 Å². The maximum Gasteiger partial charge on any atom is 0.259 e. The highest BCUT2D eigenvalue weighted by atomic mass is 79.9. The highest BCUT2D eigenvalue weighted by Gasteiger charge is 2.07. The maximum atomic E-state index is 11.9. The van der Waals surface area contributed by atoms with Crippen molar-refractivity contribution in [2.45, 2.75) is 0 Å². The molecule has 0 atom stereocenters. The fourth-order valence-corrected chi connectivity index (χ4v) is 3.22. The number of rotatable bonds is 5. The molecular formula is C16H14Br2ClN3O2. The van der Waals surface area contributed by atoms with Gasteiger partial charge in [-0.05, 0) is 73.8 Å². The van der Waals surface area contributed by atoms with Crippen LogP contribution in [-0.2, 0) is 4.79 Å². The Morgan fingerprint density at radius 3 is 2.46 bits per heavy atom. The van der Waals surface area contributed by atoms with Crippen molar-refractivity contribution < 1.29 is 9.90 Å². The zero-order valence-electron chi connectivity index (χ0n) is 12.6. The van der Waals surface area contributed by atoms with Crippen molar-refractivity contribution in [3.63, 3.8) is 0 Å². The average molecular weight is 476 g/mol. The molecule has 0 aliphatic rings. The zero-order chi connectivity index (χ0) is 17.7. The van der Waals surface area contributed by atoms with Crippen LogP contribution in [0.2, 0.25) is 5.02 Å². The van der Waals surface area contributed by atoms with Gasteiger partial charge in [-0.25, -0.2) is 5.43 Å². The van der Waals surface area contributed by atoms with E-state index >= 15 is 0 Å². The monoisotopic (exact) mass is 473 g/mol. The smallest absolute Gasteiger partial charge is 0.259 e. The molecule has 8 heteroatoms. The Kier molecular flexibility index (Phi) is 6.65. The largest absolute Gasteiger partial charge is 0.506 e. The number of phenols is 1. The van der Waals surface area contributed by atoms with Gasteiger partial charge in [-0.1, -0.05) is 11.6 Å². The lowest BCUT2D eigenvalue weighted by molar-refractivity contribution is -0.119. The van der Waals surface area contributed by atoms with Gasteiger partial charge in [0.1, 0.15) is 5.75 Å². The molecule has 5 nitrogen and oxygen atoms in total. The number of carbonyl (C=O) groups excluding carboxylic acids is 1. The standard InChI is InChI=1S/C16H14Br2ClN3O2/c1-22(12-4-2-11(19)3-5-12)9-15(23)21-20-8-10-6-13(17)16(24)14(18)7-10/h2-8,24H,9H2,1H3,(H,21,23)/b20-8+. The van der Waals surface area contributed by atoms with E-state index in [2.05, 4.69) is 42.4 Å². The summed E-state index contributed by atoms with van der Waals surface area (Å²) >= 11 is 12.3. The van der Waals surface area contributed by atoms with E-state index in [4.69, 9.17) is 11.6 Å². The number of anilines is 1. The van der Waals surface area contributed by atoms with E-state index < -0.39 is 0 Å². The zero-order valence-corrected chi connectivity index (χ0v) is 16.6. The number of benzene rings is 2. The predicted octanol–water partition coefficient (Wildman–Crippen LogP) is 4.16. The number of hydrogen-bond donors (Lipinski definition) is 2. The van der Waals surface area contributed by atoms with E-state index in [1.54, 1.807) is 36.2 Å². The molecule has 1 amide bonds. The third-order valence-corrected chi connectivity index (χ3v) is 4.55. The predicted molar refractivity (Wildman–Crippen MR) is 104 cm³/mol. The number of hydrazone groups is 1. The second kappa shape index (κ2) is 8.50. The number of amides is 1. The molecule has 0 bridgehead atoms. The van der Waals surface area contributed by atoms with Crippen molar-refractivity contribution in [2.24, 2.45) is 5.10 Å². The number of aromatic hydroxyl groups is 1. The summed E-state index contributed by atoms with van der Waals surface area (Å²) in [5.41, 5.74) is 4.07. The van der Waals surface area contributed by atoms with Gasteiger partial charge in [0.15, 0.2) is 0 Å². The highest BCUT2D eigenvalue weighted by molar-refractivity contribution is 9.11. The molecule has 2 N–H and O–H groups in total. The van der Waals surface area contributed by atoms with Gasteiger partial charge in [0.2, 0.25) is 0 Å². The molecule has 0 saturated carbocycles. The summed E-state index contributed by atoms with van der Waals surface area (Å²) in [5.74, 6) is -0.138. The molecule has 0 heterocycles. The van der Waals surface area contributed by atoms with E-state index in [1.165, 1.54) is 6.21 Å². The molecule has 24 heavy (non-hydrogen) atoms. The SMILES string of the molecule is CN(CC(=O)N/N=C/c1cc(Br)c(O)c(Br)c1)c1ccc(Cl)cc1. The van der Waals surface area contributed by atoms with Gasteiger partial charge in [-0.2, -0.15) is 5.10 Å². The Labute approximate surface area is 161 Å². The highest BCUT2D eigenvalue weighted by Crippen LogP contribution is 2.32. The summed E-state index contributed by atoms with van der Waals surface area (Å²) in [6.07, 6.45) is 1.50. The number of carbonyl (C=O) groups is 1. The van der Waals surface area contributed by atoms with Gasteiger partial charge in [-0.15, -0.1) is 0 Å². The Morgan fingerprint density at radius 1 is 1.29 bits per heavy atom. The van der Waals surface area contributed by atoms with Crippen molar-refractivity contribution in [1.29, 1.82) is 0 Å². The Bertz CT molecular complexity index is 743. The molecule has 0 spiro atoms. The molecule has 0 radical (unpaired) electrons. The minimum Gasteiger partial charge on any atom is -0.506 e. The quantitative estimate of drug-likeness (QED) is 0.504. The number of halogens is 3. The van der Waals surface area contributed by atoms with Gasteiger partial charge in [0, 0.05) is 17.8 Å². The minimum absolute atomic E-state index is 0.112. The lowest BCUT2D eigenvalue weighted by Gasteiger charge is -2.17. The molecule has 0 fully saturated rings. The third-order valence-electron chi connectivity index (χ3n) is 3.09. The van der Waals surface area contributed by atoms with E-state index in [0.717, 1.165) is 11.3 Å². The number of phenolic OH excluding ortho intramolecular Hbond substituents is 1. The first kappa shape index (κ1) is 18.8. The second-order valence-corrected chi connectivity index (χ2v) is 7.10. The normalized spacial score (nSPS) is 10.8. The first-order valence-electron chi connectivity index (χ1n) is 6.83. The van der Waals surface area contributed by atoms with Crippen LogP contribution in [0.3, 0.4) is 0 Å². The van der Waals surface area contributed by atoms with Crippen LogP contribution in [0.25, 0.3) is 0 Å². The van der Waals surface area contributed by atoms with Gasteiger partial charge in [0.05, 0.1) is 21.7 Å². The molecule has 0 saturated heterocycles. The molecule has 2 aromatic carbocycles. The van der Waals surface area contributed by atoms with Crippen LogP contribution in [-0.4, -0.2) is 30.8 Å². The van der Waals surface area contributed by atoms with Gasteiger partial charge in [-0.3, -0.25) is 4.79 Å². The fourth-order valence-electron chi connectivity index (χ4n) is 1.88. The number of nitrogens with zero attached hydrogens (tertiary/aromatic N) is 2. The lowest BCUT2D eigenvalue weighted by Crippen LogP contribution is -2.32. The van der Waals surface area contributed by atoms with Crippen LogP contribution in [0.15, 0.2) is 50.4 Å². The molecular weight excluding hydrogens is 461 g/mol. The molecule has 0 aliphatic heterocycles. The van der Waals surface area contributed by atoms with Gasteiger partial charge in [0.25, 0.3) is 5.91 Å². The molecule has 0 aromatic heterocycles. The summed E-state index contributed by atoms with van der Waals surface area (Å²) in [6, 6.07) is 10.6. The summed E-state index contributed by atoms with van der Waals surface area (Å²) in [6.45, 7) is 0.155. The average Bonchev–Trinajstić information content (AvgIpc) is 2.53. The van der Waals surface area contributed by atoms with E-state index in [1.807, 2.05) is 12.1 Å². The van der Waals surface area contributed by atoms with Crippen molar-refractivity contribution in [2.75, 3.05) is 18.5 Å². The van der Waals surface area contributed by atoms with Crippen LogP contribution in [0.5, 0.6) is 5.75 Å². The van der Waals surface area contributed by atoms with Crippen LogP contribution < -0.4 is 10.3 Å². The van der Waals surface area contributed by atoms with Crippen LogP contribution in [0, 0.1) is 0 Å². The van der Waals surface area contributed by atoms with Gasteiger partial charge < -0.3 is 10.0 Å². The van der Waals surface area contributed by atoms with Crippen molar-refractivity contribution in [3.8, 4) is 5.75 Å². The Hall–Kier alpha value is -1.57. The molecule has 2 rings (SSSR count). The second-order valence-electron chi connectivity index (χ2n) is 4.96. The first-order chi connectivity index (χ1) is 11.4.